The quantitative estimate of drug-likeness (QED) is 0.530. The van der Waals surface area contributed by atoms with Crippen molar-refractivity contribution >= 4 is 0 Å². The van der Waals surface area contributed by atoms with E-state index in [0.717, 1.165) is 0 Å². The maximum Gasteiger partial charge on any atom is 0.0144 e. The normalized spacial score (nSPS) is 12.8. The van der Waals surface area contributed by atoms with Crippen LogP contribution in [0.15, 0.2) is 0 Å². The molecule has 0 aliphatic carbocycles. The summed E-state index contributed by atoms with van der Waals surface area (Å²) in [6.07, 6.45) is 1.21. The highest BCUT2D eigenvalue weighted by molar-refractivity contribution is 4.73. The molecule has 0 atom stereocenters. The maximum atomic E-state index is 2.24. The molecule has 0 rings (SSSR count). The number of hydrogen-bond donors (Lipinski definition) is 0. The van der Waals surface area contributed by atoms with Crippen molar-refractivity contribution in [3.8, 4) is 0 Å². The Hall–Kier alpha value is -0.0400. The van der Waals surface area contributed by atoms with Crippen LogP contribution in [-0.2, 0) is 0 Å². The summed E-state index contributed by atoms with van der Waals surface area (Å²) in [6.45, 7) is 6.69. The molecule has 0 amide bonds. The topological polar surface area (TPSA) is 3.24 Å². The smallest absolute Gasteiger partial charge is 0.0144 e. The second-order valence-electron chi connectivity index (χ2n) is 3.06. The van der Waals surface area contributed by atoms with Crippen molar-refractivity contribution in [3.05, 3.63) is 0 Å². The molecule has 0 saturated heterocycles. The monoisotopic (exact) mass is 115 g/mol. The van der Waals surface area contributed by atoms with Crippen LogP contribution in [-0.4, -0.2) is 24.5 Å². The summed E-state index contributed by atoms with van der Waals surface area (Å²) in [7, 11) is 4.23. The van der Waals surface area contributed by atoms with E-state index in [1.807, 2.05) is 0 Å². The van der Waals surface area contributed by atoms with E-state index in [0.29, 0.717) is 5.54 Å². The van der Waals surface area contributed by atoms with Gasteiger partial charge in [-0.1, -0.05) is 6.92 Å². The summed E-state index contributed by atoms with van der Waals surface area (Å²) in [5, 5.41) is 0. The predicted molar refractivity (Wildman–Crippen MR) is 38.1 cm³/mol. The highest BCUT2D eigenvalue weighted by Gasteiger charge is 2.16. The zero-order valence-electron chi connectivity index (χ0n) is 6.65. The minimum absolute atomic E-state index is 0.375. The van der Waals surface area contributed by atoms with Crippen molar-refractivity contribution in [1.29, 1.82) is 0 Å². The van der Waals surface area contributed by atoms with Gasteiger partial charge in [0.15, 0.2) is 0 Å². The molecule has 0 spiro atoms. The lowest BCUT2D eigenvalue weighted by Gasteiger charge is -2.30. The average Bonchev–Trinajstić information content (AvgIpc) is 1.67. The average molecular weight is 115 g/mol. The third kappa shape index (κ3) is 1.83. The van der Waals surface area contributed by atoms with E-state index in [1.165, 1.54) is 6.42 Å². The highest BCUT2D eigenvalue weighted by Crippen LogP contribution is 2.12. The standard InChI is InChI=1S/C7H17N/c1-6-7(2,3)8(4)5/h6H2,1-5H3. The minimum atomic E-state index is 0.375. The Bertz CT molecular complexity index is 64.8. The lowest BCUT2D eigenvalue weighted by atomic mass is 10.0. The fourth-order valence-corrected chi connectivity index (χ4v) is 0.316. The Balaban J connectivity index is 3.71. The van der Waals surface area contributed by atoms with Crippen LogP contribution in [0.25, 0.3) is 0 Å². The molecule has 1 heteroatoms. The fourth-order valence-electron chi connectivity index (χ4n) is 0.316. The lowest BCUT2D eigenvalue weighted by Crippen LogP contribution is -2.36. The Morgan fingerprint density at radius 3 is 1.62 bits per heavy atom. The third-order valence-electron chi connectivity index (χ3n) is 2.08. The van der Waals surface area contributed by atoms with Crippen LogP contribution in [0.2, 0.25) is 0 Å². The van der Waals surface area contributed by atoms with Crippen LogP contribution >= 0.6 is 0 Å². The van der Waals surface area contributed by atoms with E-state index in [-0.39, 0.29) is 0 Å². The summed E-state index contributed by atoms with van der Waals surface area (Å²) in [5.41, 5.74) is 0.375. The zero-order valence-corrected chi connectivity index (χ0v) is 6.65. The van der Waals surface area contributed by atoms with Gasteiger partial charge in [-0.05, 0) is 34.4 Å². The van der Waals surface area contributed by atoms with Gasteiger partial charge in [0, 0.05) is 5.54 Å². The first-order chi connectivity index (χ1) is 3.50. The van der Waals surface area contributed by atoms with E-state index in [2.05, 4.69) is 39.8 Å². The van der Waals surface area contributed by atoms with Crippen molar-refractivity contribution in [2.75, 3.05) is 14.1 Å². The molecule has 0 aromatic carbocycles. The van der Waals surface area contributed by atoms with Crippen molar-refractivity contribution in [1.82, 2.24) is 4.90 Å². The molecule has 50 valence electrons. The molecule has 0 aliphatic rings. The van der Waals surface area contributed by atoms with Gasteiger partial charge in [-0.15, -0.1) is 0 Å². The second kappa shape index (κ2) is 2.49. The molecule has 0 heterocycles. The first-order valence-electron chi connectivity index (χ1n) is 3.18. The van der Waals surface area contributed by atoms with E-state index >= 15 is 0 Å². The van der Waals surface area contributed by atoms with Gasteiger partial charge in [-0.2, -0.15) is 0 Å². The summed E-state index contributed by atoms with van der Waals surface area (Å²) >= 11 is 0. The summed E-state index contributed by atoms with van der Waals surface area (Å²) < 4.78 is 0. The van der Waals surface area contributed by atoms with Gasteiger partial charge in [0.2, 0.25) is 0 Å². The van der Waals surface area contributed by atoms with Crippen molar-refractivity contribution in [2.24, 2.45) is 0 Å². The Kier molecular flexibility index (Phi) is 2.48. The second-order valence-corrected chi connectivity index (χ2v) is 3.06. The van der Waals surface area contributed by atoms with E-state index in [1.54, 1.807) is 0 Å². The summed E-state index contributed by atoms with van der Waals surface area (Å²) in [4.78, 5) is 2.24. The van der Waals surface area contributed by atoms with Gasteiger partial charge < -0.3 is 4.90 Å². The lowest BCUT2D eigenvalue weighted by molar-refractivity contribution is 0.189. The molecule has 0 aromatic rings. The van der Waals surface area contributed by atoms with Gasteiger partial charge in [-0.3, -0.25) is 0 Å². The van der Waals surface area contributed by atoms with Crippen molar-refractivity contribution in [3.63, 3.8) is 0 Å². The van der Waals surface area contributed by atoms with Gasteiger partial charge >= 0.3 is 0 Å². The third-order valence-corrected chi connectivity index (χ3v) is 2.08. The molecule has 0 N–H and O–H groups in total. The number of nitrogens with zero attached hydrogens (tertiary/aromatic N) is 1. The summed E-state index contributed by atoms with van der Waals surface area (Å²) in [5.74, 6) is 0. The molecular weight excluding hydrogens is 98.1 g/mol. The highest BCUT2D eigenvalue weighted by atomic mass is 15.1. The predicted octanol–water partition coefficient (Wildman–Crippen LogP) is 1.74. The van der Waals surface area contributed by atoms with Gasteiger partial charge in [0.25, 0.3) is 0 Å². The molecule has 0 radical (unpaired) electrons. The summed E-state index contributed by atoms with van der Waals surface area (Å²) in [6, 6.07) is 0. The van der Waals surface area contributed by atoms with E-state index < -0.39 is 0 Å². The SMILES string of the molecule is CCC(C)(C)N(C)C. The van der Waals surface area contributed by atoms with E-state index in [9.17, 15) is 0 Å². The van der Waals surface area contributed by atoms with Crippen LogP contribution < -0.4 is 0 Å². The maximum absolute atomic E-state index is 2.24. The molecule has 0 aromatic heterocycles. The van der Waals surface area contributed by atoms with Gasteiger partial charge in [-0.25, -0.2) is 0 Å². The van der Waals surface area contributed by atoms with Crippen molar-refractivity contribution in [2.45, 2.75) is 32.7 Å². The van der Waals surface area contributed by atoms with Gasteiger partial charge in [0.1, 0.15) is 0 Å². The van der Waals surface area contributed by atoms with Gasteiger partial charge in [0.05, 0.1) is 0 Å². The minimum Gasteiger partial charge on any atom is -0.304 e. The van der Waals surface area contributed by atoms with Crippen LogP contribution in [0.4, 0.5) is 0 Å². The Morgan fingerprint density at radius 1 is 1.25 bits per heavy atom. The molecule has 0 aliphatic heterocycles. The van der Waals surface area contributed by atoms with Crippen LogP contribution in [0.1, 0.15) is 27.2 Å². The molecule has 0 unspecified atom stereocenters. The van der Waals surface area contributed by atoms with Crippen LogP contribution in [0, 0.1) is 0 Å². The fraction of sp³-hybridized carbons (Fsp3) is 1.00. The first-order valence-corrected chi connectivity index (χ1v) is 3.18. The van der Waals surface area contributed by atoms with E-state index in [4.69, 9.17) is 0 Å². The largest absolute Gasteiger partial charge is 0.304 e. The Morgan fingerprint density at radius 2 is 1.62 bits per heavy atom. The molecule has 1 nitrogen and oxygen atoms in total. The first kappa shape index (κ1) is 7.96. The molecule has 0 fully saturated rings. The molecular formula is C7H17N. The molecule has 8 heavy (non-hydrogen) atoms. The van der Waals surface area contributed by atoms with Crippen molar-refractivity contribution < 1.29 is 0 Å². The number of hydrogen-bond acceptors (Lipinski definition) is 1. The number of rotatable bonds is 2. The molecule has 0 saturated carbocycles. The Labute approximate surface area is 52.7 Å². The zero-order chi connectivity index (χ0) is 6.78. The van der Waals surface area contributed by atoms with Crippen LogP contribution in [0.5, 0.6) is 0 Å². The van der Waals surface area contributed by atoms with Crippen LogP contribution in [0.3, 0.4) is 0 Å². The molecule has 0 bridgehead atoms.